The molecular weight excluding hydrogens is 392 g/mol. The standard InChI is InChI=1S/C22H24N8O/c1-4-24-21(31)30-20-28-16-11-14(13-6-7-17(27-12-13)22(2,3)23)10-15(18(16)29-20)19-25-8-5-9-26-19/h5-12H,4,23H2,1-3H3,(H3,24,28,29,30,31). The number of nitrogens with zero attached hydrogens (tertiary/aromatic N) is 4. The summed E-state index contributed by atoms with van der Waals surface area (Å²) >= 11 is 0. The molecule has 0 bridgehead atoms. The first-order chi connectivity index (χ1) is 14.8. The number of aromatic amines is 1. The predicted molar refractivity (Wildman–Crippen MR) is 120 cm³/mol. The van der Waals surface area contributed by atoms with E-state index in [1.807, 2.05) is 45.0 Å². The Labute approximate surface area is 179 Å². The highest BCUT2D eigenvalue weighted by Gasteiger charge is 2.18. The zero-order chi connectivity index (χ0) is 22.0. The number of nitrogens with two attached hydrogens (primary N) is 1. The number of hydrogen-bond donors (Lipinski definition) is 4. The van der Waals surface area contributed by atoms with E-state index in [4.69, 9.17) is 5.73 Å². The van der Waals surface area contributed by atoms with E-state index >= 15 is 0 Å². The number of carbonyl (C=O) groups is 1. The van der Waals surface area contributed by atoms with Crippen LogP contribution in [-0.2, 0) is 5.54 Å². The summed E-state index contributed by atoms with van der Waals surface area (Å²) in [6.45, 7) is 6.20. The summed E-state index contributed by atoms with van der Waals surface area (Å²) in [7, 11) is 0. The first-order valence-electron chi connectivity index (χ1n) is 9.97. The highest BCUT2D eigenvalue weighted by molar-refractivity contribution is 5.97. The smallest absolute Gasteiger partial charge is 0.321 e. The number of nitrogens with one attached hydrogen (secondary N) is 3. The van der Waals surface area contributed by atoms with Crippen molar-refractivity contribution < 1.29 is 4.79 Å². The van der Waals surface area contributed by atoms with E-state index in [9.17, 15) is 4.79 Å². The topological polar surface area (TPSA) is 134 Å². The van der Waals surface area contributed by atoms with Crippen LogP contribution in [0.4, 0.5) is 10.7 Å². The zero-order valence-electron chi connectivity index (χ0n) is 17.6. The molecule has 0 spiro atoms. The van der Waals surface area contributed by atoms with Gasteiger partial charge in [-0.15, -0.1) is 0 Å². The van der Waals surface area contributed by atoms with E-state index in [0.717, 1.165) is 27.9 Å². The fraction of sp³-hybridized carbons (Fsp3) is 0.227. The van der Waals surface area contributed by atoms with Gasteiger partial charge < -0.3 is 16.0 Å². The largest absolute Gasteiger partial charge is 0.338 e. The van der Waals surface area contributed by atoms with Crippen LogP contribution in [0.15, 0.2) is 48.9 Å². The zero-order valence-corrected chi connectivity index (χ0v) is 17.6. The Morgan fingerprint density at radius 3 is 2.55 bits per heavy atom. The van der Waals surface area contributed by atoms with Crippen LogP contribution in [0.5, 0.6) is 0 Å². The lowest BCUT2D eigenvalue weighted by Crippen LogP contribution is -2.29. The van der Waals surface area contributed by atoms with Crippen molar-refractivity contribution >= 4 is 23.0 Å². The normalized spacial score (nSPS) is 11.5. The third kappa shape index (κ3) is 4.36. The van der Waals surface area contributed by atoms with Gasteiger partial charge in [-0.3, -0.25) is 10.3 Å². The molecule has 0 radical (unpaired) electrons. The maximum atomic E-state index is 11.9. The molecule has 3 aromatic heterocycles. The van der Waals surface area contributed by atoms with Crippen LogP contribution in [0.25, 0.3) is 33.5 Å². The number of amides is 2. The average Bonchev–Trinajstić information content (AvgIpc) is 3.15. The lowest BCUT2D eigenvalue weighted by molar-refractivity contribution is 0.252. The average molecular weight is 416 g/mol. The number of imidazole rings is 1. The molecule has 1 aromatic carbocycles. The lowest BCUT2D eigenvalue weighted by Gasteiger charge is -2.17. The molecule has 2 amide bonds. The van der Waals surface area contributed by atoms with Crippen molar-refractivity contribution in [2.24, 2.45) is 5.73 Å². The van der Waals surface area contributed by atoms with Crippen LogP contribution in [0, 0.1) is 0 Å². The molecule has 4 rings (SSSR count). The predicted octanol–water partition coefficient (Wildman–Crippen LogP) is 3.42. The molecule has 0 unspecified atom stereocenters. The van der Waals surface area contributed by atoms with Gasteiger partial charge in [0, 0.05) is 36.3 Å². The van der Waals surface area contributed by atoms with E-state index in [1.165, 1.54) is 0 Å². The van der Waals surface area contributed by atoms with Crippen molar-refractivity contribution in [3.8, 4) is 22.5 Å². The second-order valence-electron chi connectivity index (χ2n) is 7.72. The maximum Gasteiger partial charge on any atom is 0.321 e. The van der Waals surface area contributed by atoms with Crippen LogP contribution in [0.2, 0.25) is 0 Å². The van der Waals surface area contributed by atoms with E-state index in [-0.39, 0.29) is 6.03 Å². The molecular formula is C22H24N8O. The number of aromatic nitrogens is 5. The highest BCUT2D eigenvalue weighted by atomic mass is 16.2. The fourth-order valence-corrected chi connectivity index (χ4v) is 3.21. The first-order valence-corrected chi connectivity index (χ1v) is 9.97. The lowest BCUT2D eigenvalue weighted by atomic mass is 9.98. The molecule has 0 saturated heterocycles. The number of H-pyrrole nitrogens is 1. The number of carbonyl (C=O) groups excluding carboxylic acids is 1. The fourth-order valence-electron chi connectivity index (χ4n) is 3.21. The van der Waals surface area contributed by atoms with E-state index in [1.54, 1.807) is 24.7 Å². The minimum absolute atomic E-state index is 0.330. The summed E-state index contributed by atoms with van der Waals surface area (Å²) in [6.07, 6.45) is 5.16. The number of pyridine rings is 1. The van der Waals surface area contributed by atoms with Crippen molar-refractivity contribution in [2.75, 3.05) is 11.9 Å². The Balaban J connectivity index is 1.82. The number of anilines is 1. The Kier molecular flexibility index (Phi) is 5.35. The number of fused-ring (bicyclic) bond motifs is 1. The molecule has 0 aliphatic carbocycles. The Morgan fingerprint density at radius 1 is 1.13 bits per heavy atom. The van der Waals surface area contributed by atoms with Gasteiger partial charge in [0.15, 0.2) is 5.82 Å². The minimum Gasteiger partial charge on any atom is -0.338 e. The Hall–Kier alpha value is -3.85. The van der Waals surface area contributed by atoms with Crippen LogP contribution in [-0.4, -0.2) is 37.5 Å². The monoisotopic (exact) mass is 416 g/mol. The molecule has 0 aliphatic rings. The molecule has 31 heavy (non-hydrogen) atoms. The van der Waals surface area contributed by atoms with Crippen LogP contribution in [0.3, 0.4) is 0 Å². The highest BCUT2D eigenvalue weighted by Crippen LogP contribution is 2.32. The summed E-state index contributed by atoms with van der Waals surface area (Å²) < 4.78 is 0. The molecule has 0 atom stereocenters. The number of benzene rings is 1. The van der Waals surface area contributed by atoms with Gasteiger partial charge in [0.25, 0.3) is 0 Å². The third-order valence-corrected chi connectivity index (χ3v) is 4.72. The summed E-state index contributed by atoms with van der Waals surface area (Å²) in [4.78, 5) is 32.9. The molecule has 0 fully saturated rings. The van der Waals surface area contributed by atoms with Gasteiger partial charge >= 0.3 is 6.03 Å². The van der Waals surface area contributed by atoms with E-state index < -0.39 is 5.54 Å². The molecule has 4 aromatic rings. The summed E-state index contributed by atoms with van der Waals surface area (Å²) in [5.74, 6) is 0.881. The number of hydrogen-bond acceptors (Lipinski definition) is 6. The van der Waals surface area contributed by atoms with Gasteiger partial charge in [0.05, 0.1) is 16.7 Å². The molecule has 0 aliphatic heterocycles. The molecule has 9 nitrogen and oxygen atoms in total. The van der Waals surface area contributed by atoms with Gasteiger partial charge in [-0.25, -0.2) is 19.7 Å². The summed E-state index contributed by atoms with van der Waals surface area (Å²) in [5, 5.41) is 5.40. The Morgan fingerprint density at radius 2 is 1.90 bits per heavy atom. The SMILES string of the molecule is CCNC(=O)Nc1nc2c(-c3ncccn3)cc(-c3ccc(C(C)(C)N)nc3)cc2[nH]1. The number of rotatable bonds is 5. The van der Waals surface area contributed by atoms with Crippen LogP contribution < -0.4 is 16.4 Å². The summed E-state index contributed by atoms with van der Waals surface area (Å²) in [6, 6.07) is 9.27. The van der Waals surface area contributed by atoms with Crippen molar-refractivity contribution in [1.29, 1.82) is 0 Å². The van der Waals surface area contributed by atoms with Crippen LogP contribution >= 0.6 is 0 Å². The second-order valence-corrected chi connectivity index (χ2v) is 7.72. The van der Waals surface area contributed by atoms with Gasteiger partial charge in [0.1, 0.15) is 5.52 Å². The molecule has 9 heteroatoms. The van der Waals surface area contributed by atoms with E-state index in [2.05, 4.69) is 35.6 Å². The molecule has 3 heterocycles. The third-order valence-electron chi connectivity index (χ3n) is 4.72. The van der Waals surface area contributed by atoms with E-state index in [0.29, 0.717) is 23.8 Å². The quantitative estimate of drug-likeness (QED) is 0.394. The van der Waals surface area contributed by atoms with Crippen LogP contribution in [0.1, 0.15) is 26.5 Å². The van der Waals surface area contributed by atoms with Gasteiger partial charge in [-0.05, 0) is 50.6 Å². The van der Waals surface area contributed by atoms with Crippen molar-refractivity contribution in [2.45, 2.75) is 26.3 Å². The minimum atomic E-state index is -0.519. The number of urea groups is 1. The Bertz CT molecular complexity index is 1210. The molecule has 0 saturated carbocycles. The van der Waals surface area contributed by atoms with Gasteiger partial charge in [-0.2, -0.15) is 0 Å². The van der Waals surface area contributed by atoms with Crippen molar-refractivity contribution in [3.63, 3.8) is 0 Å². The molecule has 5 N–H and O–H groups in total. The van der Waals surface area contributed by atoms with Crippen molar-refractivity contribution in [3.05, 3.63) is 54.6 Å². The van der Waals surface area contributed by atoms with Gasteiger partial charge in [0.2, 0.25) is 5.95 Å². The maximum absolute atomic E-state index is 11.9. The van der Waals surface area contributed by atoms with Crippen molar-refractivity contribution in [1.82, 2.24) is 30.2 Å². The second kappa shape index (κ2) is 8.11. The molecule has 158 valence electrons. The van der Waals surface area contributed by atoms with Gasteiger partial charge in [-0.1, -0.05) is 6.07 Å². The first kappa shape index (κ1) is 20.4. The summed E-state index contributed by atoms with van der Waals surface area (Å²) in [5.41, 5.74) is 10.4.